The van der Waals surface area contributed by atoms with Gasteiger partial charge in [-0.2, -0.15) is 0 Å². The number of amides is 1. The van der Waals surface area contributed by atoms with E-state index in [0.717, 1.165) is 29.4 Å². The van der Waals surface area contributed by atoms with Crippen LogP contribution in [0.2, 0.25) is 0 Å². The molecular formula is C19H23N3O. The van der Waals surface area contributed by atoms with Gasteiger partial charge in [0.05, 0.1) is 17.4 Å². The van der Waals surface area contributed by atoms with E-state index < -0.39 is 0 Å². The van der Waals surface area contributed by atoms with Gasteiger partial charge in [0, 0.05) is 17.3 Å². The fourth-order valence-corrected chi connectivity index (χ4v) is 4.39. The lowest BCUT2D eigenvalue weighted by Gasteiger charge is -2.43. The number of hydrogen-bond acceptors (Lipinski definition) is 3. The second kappa shape index (κ2) is 5.93. The summed E-state index contributed by atoms with van der Waals surface area (Å²) in [6, 6.07) is 10.2. The third-order valence-corrected chi connectivity index (χ3v) is 5.64. The molecule has 2 fully saturated rings. The van der Waals surface area contributed by atoms with Crippen LogP contribution in [0.3, 0.4) is 0 Å². The molecule has 2 aliphatic rings. The minimum atomic E-state index is 0.0940. The molecule has 1 aromatic heterocycles. The van der Waals surface area contributed by atoms with Crippen molar-refractivity contribution in [2.45, 2.75) is 38.1 Å². The molecule has 23 heavy (non-hydrogen) atoms. The van der Waals surface area contributed by atoms with Crippen LogP contribution in [0.25, 0.3) is 10.9 Å². The van der Waals surface area contributed by atoms with Gasteiger partial charge >= 0.3 is 0 Å². The van der Waals surface area contributed by atoms with Crippen molar-refractivity contribution in [3.63, 3.8) is 0 Å². The Labute approximate surface area is 136 Å². The van der Waals surface area contributed by atoms with E-state index in [4.69, 9.17) is 5.73 Å². The molecule has 1 amide bonds. The van der Waals surface area contributed by atoms with Crippen LogP contribution in [-0.4, -0.2) is 16.9 Å². The molecule has 2 bridgehead atoms. The van der Waals surface area contributed by atoms with Crippen LogP contribution in [0.1, 0.15) is 32.1 Å². The Morgan fingerprint density at radius 1 is 1.17 bits per heavy atom. The Bertz CT molecular complexity index is 715. The van der Waals surface area contributed by atoms with Crippen LogP contribution < -0.4 is 11.1 Å². The lowest BCUT2D eigenvalue weighted by molar-refractivity contribution is -0.122. The summed E-state index contributed by atoms with van der Waals surface area (Å²) >= 11 is 0. The molecule has 4 nitrogen and oxygen atoms in total. The number of carbonyl (C=O) groups excluding carboxylic acids is 1. The number of hydrogen-bond donors (Lipinski definition) is 2. The summed E-state index contributed by atoms with van der Waals surface area (Å²) in [5.74, 6) is 1.27. The van der Waals surface area contributed by atoms with Gasteiger partial charge in [-0.1, -0.05) is 24.6 Å². The minimum absolute atomic E-state index is 0.0940. The molecule has 0 radical (unpaired) electrons. The maximum absolute atomic E-state index is 12.7. The van der Waals surface area contributed by atoms with E-state index in [1.54, 1.807) is 6.20 Å². The molecule has 2 saturated carbocycles. The molecule has 0 saturated heterocycles. The number of nitrogens with zero attached hydrogens (tertiary/aromatic N) is 1. The fourth-order valence-electron chi connectivity index (χ4n) is 4.39. The number of aromatic nitrogens is 1. The normalized spacial score (nSPS) is 30.1. The molecule has 4 heteroatoms. The number of carbonyl (C=O) groups is 1. The van der Waals surface area contributed by atoms with E-state index in [1.807, 2.05) is 30.3 Å². The van der Waals surface area contributed by atoms with E-state index in [0.29, 0.717) is 17.9 Å². The summed E-state index contributed by atoms with van der Waals surface area (Å²) in [6.45, 7) is 0. The lowest BCUT2D eigenvalue weighted by Crippen LogP contribution is -2.48. The van der Waals surface area contributed by atoms with Crippen molar-refractivity contribution in [1.29, 1.82) is 0 Å². The summed E-state index contributed by atoms with van der Waals surface area (Å²) in [5.41, 5.74) is 8.05. The van der Waals surface area contributed by atoms with Gasteiger partial charge in [-0.3, -0.25) is 9.78 Å². The highest BCUT2D eigenvalue weighted by Gasteiger charge is 2.40. The second-order valence-corrected chi connectivity index (χ2v) is 7.10. The van der Waals surface area contributed by atoms with E-state index in [1.165, 1.54) is 19.3 Å². The number of nitrogens with one attached hydrogen (secondary N) is 1. The van der Waals surface area contributed by atoms with Crippen LogP contribution in [0.4, 0.5) is 5.69 Å². The highest BCUT2D eigenvalue weighted by atomic mass is 16.1. The van der Waals surface area contributed by atoms with E-state index in [9.17, 15) is 4.79 Å². The molecule has 4 rings (SSSR count). The number of nitrogens with two attached hydrogens (primary N) is 1. The van der Waals surface area contributed by atoms with Crippen molar-refractivity contribution in [2.75, 3.05) is 5.32 Å². The van der Waals surface area contributed by atoms with Gasteiger partial charge in [-0.05, 0) is 49.7 Å². The molecule has 3 N–H and O–H groups in total. The highest BCUT2D eigenvalue weighted by molar-refractivity contribution is 5.94. The molecule has 2 aromatic rings. The average Bonchev–Trinajstić information content (AvgIpc) is 2.54. The third-order valence-electron chi connectivity index (χ3n) is 5.64. The standard InChI is InChI=1S/C19H23N3O/c20-18-13-5-3-6-14(18)9-15(8-13)19(23)22-16-10-12-4-1-2-7-17(12)21-11-16/h1-2,4,7,10-11,13-15,18H,3,5-6,8-9,20H2,(H,22,23). The van der Waals surface area contributed by atoms with Gasteiger partial charge in [0.1, 0.15) is 0 Å². The monoisotopic (exact) mass is 309 g/mol. The molecule has 2 unspecified atom stereocenters. The first kappa shape index (κ1) is 14.6. The number of anilines is 1. The molecule has 0 aliphatic heterocycles. The molecule has 1 heterocycles. The number of para-hydroxylation sites is 1. The minimum Gasteiger partial charge on any atom is -0.327 e. The van der Waals surface area contributed by atoms with Crippen molar-refractivity contribution in [3.8, 4) is 0 Å². The van der Waals surface area contributed by atoms with Gasteiger partial charge in [0.15, 0.2) is 0 Å². The number of pyridine rings is 1. The Kier molecular flexibility index (Phi) is 3.77. The Balaban J connectivity index is 1.48. The number of rotatable bonds is 2. The van der Waals surface area contributed by atoms with E-state index in [-0.39, 0.29) is 11.8 Å². The van der Waals surface area contributed by atoms with Crippen molar-refractivity contribution in [2.24, 2.45) is 23.5 Å². The third kappa shape index (κ3) is 2.83. The van der Waals surface area contributed by atoms with Crippen molar-refractivity contribution >= 4 is 22.5 Å². The summed E-state index contributed by atoms with van der Waals surface area (Å²) in [5, 5.41) is 4.11. The largest absolute Gasteiger partial charge is 0.327 e. The predicted octanol–water partition coefficient (Wildman–Crippen LogP) is 3.33. The molecule has 2 atom stereocenters. The molecule has 2 aliphatic carbocycles. The maximum Gasteiger partial charge on any atom is 0.227 e. The molecular weight excluding hydrogens is 286 g/mol. The van der Waals surface area contributed by atoms with Crippen LogP contribution in [0.15, 0.2) is 36.5 Å². The molecule has 0 spiro atoms. The van der Waals surface area contributed by atoms with Gasteiger partial charge < -0.3 is 11.1 Å². The highest BCUT2D eigenvalue weighted by Crippen LogP contribution is 2.42. The summed E-state index contributed by atoms with van der Waals surface area (Å²) in [6.07, 6.45) is 7.24. The first-order valence-electron chi connectivity index (χ1n) is 8.62. The lowest BCUT2D eigenvalue weighted by atomic mass is 9.65. The second-order valence-electron chi connectivity index (χ2n) is 7.10. The molecule has 120 valence electrons. The van der Waals surface area contributed by atoms with Gasteiger partial charge in [-0.15, -0.1) is 0 Å². The van der Waals surface area contributed by atoms with Crippen LogP contribution in [-0.2, 0) is 4.79 Å². The quantitative estimate of drug-likeness (QED) is 0.894. The van der Waals surface area contributed by atoms with Crippen LogP contribution in [0, 0.1) is 17.8 Å². The molecule has 1 aromatic carbocycles. The van der Waals surface area contributed by atoms with Gasteiger partial charge in [-0.25, -0.2) is 0 Å². The van der Waals surface area contributed by atoms with Gasteiger partial charge in [0.25, 0.3) is 0 Å². The van der Waals surface area contributed by atoms with Crippen molar-refractivity contribution in [3.05, 3.63) is 36.5 Å². The Morgan fingerprint density at radius 3 is 2.70 bits per heavy atom. The van der Waals surface area contributed by atoms with Gasteiger partial charge in [0.2, 0.25) is 5.91 Å². The SMILES string of the molecule is NC1C2CCCC1CC(C(=O)Nc1cnc3ccccc3c1)C2. The first-order valence-corrected chi connectivity index (χ1v) is 8.62. The first-order chi connectivity index (χ1) is 11.2. The fraction of sp³-hybridized carbons (Fsp3) is 0.474. The summed E-state index contributed by atoms with van der Waals surface area (Å²) < 4.78 is 0. The maximum atomic E-state index is 12.7. The van der Waals surface area contributed by atoms with E-state index >= 15 is 0 Å². The zero-order valence-corrected chi connectivity index (χ0v) is 13.2. The number of fused-ring (bicyclic) bond motifs is 3. The average molecular weight is 309 g/mol. The predicted molar refractivity (Wildman–Crippen MR) is 91.9 cm³/mol. The summed E-state index contributed by atoms with van der Waals surface area (Å²) in [7, 11) is 0. The van der Waals surface area contributed by atoms with Crippen LogP contribution in [0.5, 0.6) is 0 Å². The zero-order valence-electron chi connectivity index (χ0n) is 13.2. The Morgan fingerprint density at radius 2 is 1.91 bits per heavy atom. The summed E-state index contributed by atoms with van der Waals surface area (Å²) in [4.78, 5) is 17.1. The Hall–Kier alpha value is -1.94. The van der Waals surface area contributed by atoms with E-state index in [2.05, 4.69) is 10.3 Å². The zero-order chi connectivity index (χ0) is 15.8. The van der Waals surface area contributed by atoms with Crippen molar-refractivity contribution < 1.29 is 4.79 Å². The van der Waals surface area contributed by atoms with Crippen LogP contribution >= 0.6 is 0 Å². The number of benzene rings is 1. The van der Waals surface area contributed by atoms with Crippen molar-refractivity contribution in [1.82, 2.24) is 4.98 Å². The topological polar surface area (TPSA) is 68.0 Å². The smallest absolute Gasteiger partial charge is 0.227 e.